The molecular weight excluding hydrogens is 266 g/mol. The van der Waals surface area contributed by atoms with E-state index in [0.29, 0.717) is 12.8 Å². The van der Waals surface area contributed by atoms with Crippen LogP contribution < -0.4 is 10.6 Å². The van der Waals surface area contributed by atoms with E-state index < -0.39 is 29.2 Å². The van der Waals surface area contributed by atoms with Gasteiger partial charge < -0.3 is 15.3 Å². The molecule has 8 nitrogen and oxygen atoms in total. The Morgan fingerprint density at radius 2 is 1.75 bits per heavy atom. The summed E-state index contributed by atoms with van der Waals surface area (Å²) in [5.74, 6) is -1.99. The molecule has 20 heavy (non-hydrogen) atoms. The molecule has 110 valence electrons. The van der Waals surface area contributed by atoms with Crippen molar-refractivity contribution in [2.24, 2.45) is 5.41 Å². The van der Waals surface area contributed by atoms with Gasteiger partial charge in [0.25, 0.3) is 0 Å². The second-order valence-corrected chi connectivity index (χ2v) is 5.28. The van der Waals surface area contributed by atoms with E-state index in [9.17, 15) is 24.3 Å². The van der Waals surface area contributed by atoms with E-state index in [1.807, 2.05) is 0 Å². The Bertz CT molecular complexity index is 440. The summed E-state index contributed by atoms with van der Waals surface area (Å²) in [5, 5.41) is 13.9. The molecule has 0 aromatic rings. The largest absolute Gasteiger partial charge is 0.481 e. The summed E-state index contributed by atoms with van der Waals surface area (Å²) in [6.07, 6.45) is 2.71. The first kappa shape index (κ1) is 14.3. The van der Waals surface area contributed by atoms with E-state index in [1.54, 1.807) is 0 Å². The van der Waals surface area contributed by atoms with Crippen molar-refractivity contribution in [1.29, 1.82) is 0 Å². The number of piperazine rings is 1. The molecule has 0 radical (unpaired) electrons. The minimum absolute atomic E-state index is 0.0213. The fraction of sp³-hybridized carbons (Fsp3) is 0.667. The minimum atomic E-state index is -0.919. The summed E-state index contributed by atoms with van der Waals surface area (Å²) in [4.78, 5) is 46.7. The van der Waals surface area contributed by atoms with Crippen molar-refractivity contribution >= 4 is 23.8 Å². The van der Waals surface area contributed by atoms with Crippen LogP contribution in [0.4, 0.5) is 4.79 Å². The lowest BCUT2D eigenvalue weighted by Crippen LogP contribution is -2.56. The number of hydrogen-bond acceptors (Lipinski definition) is 4. The van der Waals surface area contributed by atoms with Gasteiger partial charge in [-0.05, 0) is 12.8 Å². The van der Waals surface area contributed by atoms with Crippen molar-refractivity contribution in [3.05, 3.63) is 0 Å². The fourth-order valence-corrected chi connectivity index (χ4v) is 2.66. The first-order valence-electron chi connectivity index (χ1n) is 6.52. The molecule has 2 rings (SSSR count). The summed E-state index contributed by atoms with van der Waals surface area (Å²) in [7, 11) is 0. The number of urea groups is 1. The number of aliphatic carboxylic acids is 1. The number of nitrogens with one attached hydrogen (secondary N) is 2. The third-order valence-electron chi connectivity index (χ3n) is 3.83. The van der Waals surface area contributed by atoms with Crippen LogP contribution in [0, 0.1) is 5.41 Å². The predicted molar refractivity (Wildman–Crippen MR) is 66.7 cm³/mol. The van der Waals surface area contributed by atoms with E-state index in [4.69, 9.17) is 0 Å². The molecule has 1 heterocycles. The molecule has 8 heteroatoms. The molecule has 2 fully saturated rings. The van der Waals surface area contributed by atoms with Crippen molar-refractivity contribution in [1.82, 2.24) is 15.5 Å². The number of hydrogen-bond donors (Lipinski definition) is 3. The Balaban J connectivity index is 1.93. The third kappa shape index (κ3) is 2.89. The summed E-state index contributed by atoms with van der Waals surface area (Å²) >= 11 is 0. The topological polar surface area (TPSA) is 116 Å². The van der Waals surface area contributed by atoms with Crippen LogP contribution in [0.5, 0.6) is 0 Å². The van der Waals surface area contributed by atoms with Crippen molar-refractivity contribution in [2.75, 3.05) is 19.6 Å². The van der Waals surface area contributed by atoms with E-state index in [0.717, 1.165) is 17.7 Å². The van der Waals surface area contributed by atoms with Gasteiger partial charge in [0.1, 0.15) is 13.1 Å². The number of carbonyl (C=O) groups is 4. The number of carboxylic acids is 1. The van der Waals surface area contributed by atoms with E-state index in [2.05, 4.69) is 10.6 Å². The fourth-order valence-electron chi connectivity index (χ4n) is 2.66. The predicted octanol–water partition coefficient (Wildman–Crippen LogP) is -0.701. The summed E-state index contributed by atoms with van der Waals surface area (Å²) < 4.78 is 0. The Kier molecular flexibility index (Phi) is 3.91. The lowest BCUT2D eigenvalue weighted by Gasteiger charge is -2.29. The molecule has 0 unspecified atom stereocenters. The maximum Gasteiger partial charge on any atom is 0.318 e. The number of rotatable bonds is 3. The van der Waals surface area contributed by atoms with Crippen molar-refractivity contribution in [2.45, 2.75) is 25.7 Å². The lowest BCUT2D eigenvalue weighted by atomic mass is 9.86. The highest BCUT2D eigenvalue weighted by Crippen LogP contribution is 2.37. The highest BCUT2D eigenvalue weighted by atomic mass is 16.4. The van der Waals surface area contributed by atoms with E-state index >= 15 is 0 Å². The summed E-state index contributed by atoms with van der Waals surface area (Å²) in [6, 6.07) is -0.583. The van der Waals surface area contributed by atoms with Gasteiger partial charge in [-0.3, -0.25) is 19.7 Å². The van der Waals surface area contributed by atoms with Crippen molar-refractivity contribution in [3.63, 3.8) is 0 Å². The summed E-state index contributed by atoms with van der Waals surface area (Å²) in [6.45, 7) is -0.372. The van der Waals surface area contributed by atoms with Crippen LogP contribution in [-0.2, 0) is 14.4 Å². The number of carbonyl (C=O) groups excluding carboxylic acids is 3. The van der Waals surface area contributed by atoms with Gasteiger partial charge in [-0.1, -0.05) is 12.8 Å². The summed E-state index contributed by atoms with van der Waals surface area (Å²) in [5.41, 5.74) is -0.919. The van der Waals surface area contributed by atoms with Gasteiger partial charge >= 0.3 is 12.0 Å². The molecule has 1 saturated heterocycles. The van der Waals surface area contributed by atoms with E-state index in [1.165, 1.54) is 0 Å². The molecule has 1 aliphatic heterocycles. The second kappa shape index (κ2) is 5.48. The van der Waals surface area contributed by atoms with Gasteiger partial charge in [0.05, 0.1) is 5.41 Å². The molecule has 0 spiro atoms. The molecule has 0 aromatic carbocycles. The van der Waals surface area contributed by atoms with Crippen LogP contribution >= 0.6 is 0 Å². The van der Waals surface area contributed by atoms with Crippen molar-refractivity contribution in [3.8, 4) is 0 Å². The Hall–Kier alpha value is -2.12. The molecule has 1 aliphatic carbocycles. The maximum absolute atomic E-state index is 11.9. The molecule has 1 saturated carbocycles. The maximum atomic E-state index is 11.9. The number of amides is 4. The minimum Gasteiger partial charge on any atom is -0.481 e. The number of imide groups is 1. The molecular formula is C12H17N3O5. The highest BCUT2D eigenvalue weighted by molar-refractivity contribution is 6.02. The lowest BCUT2D eigenvalue weighted by molar-refractivity contribution is -0.148. The normalized spacial score (nSPS) is 21.5. The SMILES string of the molecule is O=C1CN(C(=O)NCC2(C(=O)O)CCCC2)CC(=O)N1. The average molecular weight is 283 g/mol. The van der Waals surface area contributed by atoms with E-state index in [-0.39, 0.29) is 19.6 Å². The van der Waals surface area contributed by atoms with Gasteiger partial charge in [0, 0.05) is 6.54 Å². The zero-order valence-electron chi connectivity index (χ0n) is 11.0. The van der Waals surface area contributed by atoms with Crippen LogP contribution in [0.25, 0.3) is 0 Å². The van der Waals surface area contributed by atoms with Gasteiger partial charge in [0.15, 0.2) is 0 Å². The molecule has 0 aromatic heterocycles. The third-order valence-corrected chi connectivity index (χ3v) is 3.83. The quantitative estimate of drug-likeness (QED) is 0.592. The molecule has 3 N–H and O–H groups in total. The monoisotopic (exact) mass is 283 g/mol. The Morgan fingerprint density at radius 1 is 1.20 bits per heavy atom. The average Bonchev–Trinajstić information content (AvgIpc) is 2.84. The van der Waals surface area contributed by atoms with Crippen LogP contribution in [-0.4, -0.2) is 53.5 Å². The van der Waals surface area contributed by atoms with Crippen LogP contribution in [0.1, 0.15) is 25.7 Å². The molecule has 0 bridgehead atoms. The van der Waals surface area contributed by atoms with Crippen molar-refractivity contribution < 1.29 is 24.3 Å². The molecule has 4 amide bonds. The zero-order chi connectivity index (χ0) is 14.8. The second-order valence-electron chi connectivity index (χ2n) is 5.28. The first-order chi connectivity index (χ1) is 9.43. The Labute approximate surface area is 115 Å². The first-order valence-corrected chi connectivity index (χ1v) is 6.52. The van der Waals surface area contributed by atoms with Crippen LogP contribution in [0.3, 0.4) is 0 Å². The zero-order valence-corrected chi connectivity index (χ0v) is 11.0. The van der Waals surface area contributed by atoms with Gasteiger partial charge in [0.2, 0.25) is 11.8 Å². The van der Waals surface area contributed by atoms with Gasteiger partial charge in [-0.25, -0.2) is 4.79 Å². The van der Waals surface area contributed by atoms with Gasteiger partial charge in [-0.2, -0.15) is 0 Å². The number of nitrogens with zero attached hydrogens (tertiary/aromatic N) is 1. The Morgan fingerprint density at radius 3 is 2.25 bits per heavy atom. The standard InChI is InChI=1S/C12H17N3O5/c16-8-5-15(6-9(17)14-8)11(20)13-7-12(10(18)19)3-1-2-4-12/h1-7H2,(H,13,20)(H,18,19)(H,14,16,17). The smallest absolute Gasteiger partial charge is 0.318 e. The molecule has 2 aliphatic rings. The molecule has 0 atom stereocenters. The highest BCUT2D eigenvalue weighted by Gasteiger charge is 2.42. The number of carboxylic acid groups (broad SMARTS) is 1. The van der Waals surface area contributed by atoms with Crippen LogP contribution in [0.2, 0.25) is 0 Å². The van der Waals surface area contributed by atoms with Gasteiger partial charge in [-0.15, -0.1) is 0 Å². The van der Waals surface area contributed by atoms with Crippen LogP contribution in [0.15, 0.2) is 0 Å².